The molecule has 2 aromatic heterocycles. The van der Waals surface area contributed by atoms with E-state index in [2.05, 4.69) is 19.7 Å². The van der Waals surface area contributed by atoms with E-state index in [4.69, 9.17) is 0 Å². The third-order valence-corrected chi connectivity index (χ3v) is 1.99. The van der Waals surface area contributed by atoms with Gasteiger partial charge in [0.2, 0.25) is 0 Å². The average molecular weight is 247 g/mol. The number of rotatable bonds is 2. The smallest absolute Gasteiger partial charge is 0.290 e. The van der Waals surface area contributed by atoms with Gasteiger partial charge in [-0.15, -0.1) is 0 Å². The molecular formula is C11H9N3O4. The molecule has 0 spiro atoms. The second-order valence-corrected chi connectivity index (χ2v) is 3.29. The van der Waals surface area contributed by atoms with Crippen LogP contribution in [-0.4, -0.2) is 26.5 Å². The second-order valence-electron chi connectivity index (χ2n) is 3.29. The fourth-order valence-corrected chi connectivity index (χ4v) is 1.29. The van der Waals surface area contributed by atoms with Crippen LogP contribution in [0.15, 0.2) is 37.1 Å². The lowest BCUT2D eigenvalue weighted by molar-refractivity contribution is -0.231. The maximum absolute atomic E-state index is 11.7. The quantitative estimate of drug-likeness (QED) is 0.579. The first-order chi connectivity index (χ1) is 8.68. The number of hydrogen-bond donors (Lipinski definition) is 0. The molecule has 0 saturated heterocycles. The van der Waals surface area contributed by atoms with Crippen molar-refractivity contribution in [3.8, 4) is 5.82 Å². The van der Waals surface area contributed by atoms with Gasteiger partial charge in [-0.25, -0.2) is 29.3 Å². The molecule has 2 aromatic rings. The molecule has 2 rings (SSSR count). The summed E-state index contributed by atoms with van der Waals surface area (Å²) in [4.78, 5) is 38.7. The molecule has 0 aliphatic rings. The van der Waals surface area contributed by atoms with Crippen LogP contribution in [0.2, 0.25) is 0 Å². The second kappa shape index (κ2) is 5.09. The lowest BCUT2D eigenvalue weighted by atomic mass is 10.2. The standard InChI is InChI=1S/C11H9N3O4/c1-8(15)17-18-11(16)9-3-2-4-13-10(9)14-6-5-12-7-14/h2-7H,1H3. The van der Waals surface area contributed by atoms with Crippen molar-refractivity contribution < 1.29 is 19.4 Å². The van der Waals surface area contributed by atoms with Crippen LogP contribution in [0.25, 0.3) is 5.82 Å². The van der Waals surface area contributed by atoms with Gasteiger partial charge >= 0.3 is 11.9 Å². The van der Waals surface area contributed by atoms with Crippen LogP contribution in [0.1, 0.15) is 17.3 Å². The first kappa shape index (κ1) is 11.8. The first-order valence-corrected chi connectivity index (χ1v) is 5.01. The molecule has 18 heavy (non-hydrogen) atoms. The maximum Gasteiger partial charge on any atom is 0.390 e. The van der Waals surface area contributed by atoms with Gasteiger partial charge < -0.3 is 0 Å². The van der Waals surface area contributed by atoms with E-state index in [1.165, 1.54) is 18.6 Å². The fourth-order valence-electron chi connectivity index (χ4n) is 1.29. The van der Waals surface area contributed by atoms with Crippen molar-refractivity contribution >= 4 is 11.9 Å². The van der Waals surface area contributed by atoms with Crippen LogP contribution >= 0.6 is 0 Å². The molecule has 0 aromatic carbocycles. The highest BCUT2D eigenvalue weighted by atomic mass is 17.2. The normalized spacial score (nSPS) is 9.83. The van der Waals surface area contributed by atoms with Crippen LogP contribution in [0, 0.1) is 0 Å². The molecule has 2 heterocycles. The number of hydrogen-bond acceptors (Lipinski definition) is 6. The van der Waals surface area contributed by atoms with E-state index in [0.717, 1.165) is 6.92 Å². The summed E-state index contributed by atoms with van der Waals surface area (Å²) in [5.74, 6) is -1.18. The Labute approximate surface area is 102 Å². The highest BCUT2D eigenvalue weighted by molar-refractivity contribution is 5.92. The molecule has 0 unspecified atom stereocenters. The summed E-state index contributed by atoms with van der Waals surface area (Å²) < 4.78 is 1.55. The van der Waals surface area contributed by atoms with Gasteiger partial charge in [-0.05, 0) is 12.1 Å². The summed E-state index contributed by atoms with van der Waals surface area (Å²) in [5, 5.41) is 0. The summed E-state index contributed by atoms with van der Waals surface area (Å²) in [5.41, 5.74) is 0.164. The molecule has 0 radical (unpaired) electrons. The zero-order valence-corrected chi connectivity index (χ0v) is 9.44. The van der Waals surface area contributed by atoms with Gasteiger partial charge in [-0.2, -0.15) is 0 Å². The topological polar surface area (TPSA) is 83.3 Å². The summed E-state index contributed by atoms with van der Waals surface area (Å²) in [6.07, 6.45) is 6.20. The van der Waals surface area contributed by atoms with Gasteiger partial charge in [0.1, 0.15) is 11.9 Å². The average Bonchev–Trinajstić information content (AvgIpc) is 2.89. The summed E-state index contributed by atoms with van der Waals surface area (Å²) in [7, 11) is 0. The lowest BCUT2D eigenvalue weighted by Gasteiger charge is -2.06. The molecule has 7 heteroatoms. The van der Waals surface area contributed by atoms with Crippen LogP contribution in [0.3, 0.4) is 0 Å². The van der Waals surface area contributed by atoms with Crippen molar-refractivity contribution in [1.82, 2.24) is 14.5 Å². The molecule has 0 bridgehead atoms. The molecule has 7 nitrogen and oxygen atoms in total. The fraction of sp³-hybridized carbons (Fsp3) is 0.0909. The Morgan fingerprint density at radius 2 is 2.11 bits per heavy atom. The van der Waals surface area contributed by atoms with E-state index in [9.17, 15) is 9.59 Å². The summed E-state index contributed by atoms with van der Waals surface area (Å²) >= 11 is 0. The van der Waals surface area contributed by atoms with Crippen LogP contribution in [-0.2, 0) is 14.6 Å². The van der Waals surface area contributed by atoms with E-state index < -0.39 is 11.9 Å². The SMILES string of the molecule is CC(=O)OOC(=O)c1cccnc1-n1ccnc1. The Balaban J connectivity index is 2.28. The number of nitrogens with zero attached hydrogens (tertiary/aromatic N) is 3. The number of carbonyl (C=O) groups is 2. The van der Waals surface area contributed by atoms with Gasteiger partial charge in [-0.1, -0.05) is 0 Å². The van der Waals surface area contributed by atoms with Gasteiger partial charge in [0.25, 0.3) is 0 Å². The minimum Gasteiger partial charge on any atom is -0.290 e. The monoisotopic (exact) mass is 247 g/mol. The number of carbonyl (C=O) groups excluding carboxylic acids is 2. The van der Waals surface area contributed by atoms with Gasteiger partial charge in [-0.3, -0.25) is 4.57 Å². The molecule has 0 fully saturated rings. The van der Waals surface area contributed by atoms with Crippen molar-refractivity contribution in [2.24, 2.45) is 0 Å². The highest BCUT2D eigenvalue weighted by Gasteiger charge is 2.17. The molecule has 0 atom stereocenters. The van der Waals surface area contributed by atoms with E-state index in [1.807, 2.05) is 0 Å². The number of aromatic nitrogens is 3. The lowest BCUT2D eigenvalue weighted by Crippen LogP contribution is -2.12. The van der Waals surface area contributed by atoms with Crippen molar-refractivity contribution in [2.45, 2.75) is 6.92 Å². The van der Waals surface area contributed by atoms with Gasteiger partial charge in [0.15, 0.2) is 5.82 Å². The van der Waals surface area contributed by atoms with Crippen molar-refractivity contribution in [1.29, 1.82) is 0 Å². The minimum atomic E-state index is -0.804. The molecule has 0 aliphatic carbocycles. The highest BCUT2D eigenvalue weighted by Crippen LogP contribution is 2.12. The van der Waals surface area contributed by atoms with Gasteiger partial charge in [0, 0.05) is 25.5 Å². The molecule has 0 amide bonds. The number of pyridine rings is 1. The molecule has 0 aliphatic heterocycles. The number of imidazole rings is 1. The summed E-state index contributed by atoms with van der Waals surface area (Å²) in [6.45, 7) is 1.13. The molecular weight excluding hydrogens is 238 g/mol. The maximum atomic E-state index is 11.7. The van der Waals surface area contributed by atoms with Crippen LogP contribution in [0.4, 0.5) is 0 Å². The summed E-state index contributed by atoms with van der Waals surface area (Å²) in [6, 6.07) is 3.08. The van der Waals surface area contributed by atoms with Crippen LogP contribution in [0.5, 0.6) is 0 Å². The third kappa shape index (κ3) is 2.51. The van der Waals surface area contributed by atoms with Crippen molar-refractivity contribution in [3.63, 3.8) is 0 Å². The Kier molecular flexibility index (Phi) is 3.33. The minimum absolute atomic E-state index is 0.164. The third-order valence-electron chi connectivity index (χ3n) is 1.99. The zero-order chi connectivity index (χ0) is 13.0. The zero-order valence-electron chi connectivity index (χ0n) is 9.44. The van der Waals surface area contributed by atoms with Crippen LogP contribution < -0.4 is 0 Å². The predicted molar refractivity (Wildman–Crippen MR) is 58.5 cm³/mol. The molecule has 92 valence electrons. The Bertz CT molecular complexity index is 565. The Hall–Kier alpha value is -2.70. The van der Waals surface area contributed by atoms with Gasteiger partial charge in [0.05, 0.1) is 0 Å². The van der Waals surface area contributed by atoms with Crippen molar-refractivity contribution in [3.05, 3.63) is 42.6 Å². The Morgan fingerprint density at radius 1 is 1.28 bits per heavy atom. The van der Waals surface area contributed by atoms with E-state index in [-0.39, 0.29) is 5.56 Å². The largest absolute Gasteiger partial charge is 0.390 e. The molecule has 0 saturated carbocycles. The van der Waals surface area contributed by atoms with E-state index in [0.29, 0.717) is 5.82 Å². The Morgan fingerprint density at radius 3 is 2.78 bits per heavy atom. The predicted octanol–water partition coefficient (Wildman–Crippen LogP) is 0.902. The van der Waals surface area contributed by atoms with E-state index in [1.54, 1.807) is 23.0 Å². The van der Waals surface area contributed by atoms with E-state index >= 15 is 0 Å². The first-order valence-electron chi connectivity index (χ1n) is 5.01. The van der Waals surface area contributed by atoms with Crippen molar-refractivity contribution in [2.75, 3.05) is 0 Å². The molecule has 0 N–H and O–H groups in total.